The van der Waals surface area contributed by atoms with Crippen LogP contribution in [0.4, 0.5) is 20.3 Å². The lowest BCUT2D eigenvalue weighted by Crippen LogP contribution is -2.36. The standard InChI is InChI=1S/C20H17F2N5OS/c21-12-5-9-26(11-12)16-2-1-14(18(22)25-16)19-24-15-6-10-27(20(28)17(15)29-19)13-3-7-23-8-4-13/h1-4,7-8,12H,5-6,9-11H2/t12-/m1/s1. The molecule has 29 heavy (non-hydrogen) atoms. The monoisotopic (exact) mass is 413 g/mol. The van der Waals surface area contributed by atoms with Crippen molar-refractivity contribution < 1.29 is 13.6 Å². The highest BCUT2D eigenvalue weighted by Crippen LogP contribution is 2.35. The molecule has 0 spiro atoms. The summed E-state index contributed by atoms with van der Waals surface area (Å²) >= 11 is 1.18. The van der Waals surface area contributed by atoms with Crippen LogP contribution in [0.3, 0.4) is 0 Å². The molecule has 0 bridgehead atoms. The van der Waals surface area contributed by atoms with Crippen molar-refractivity contribution in [2.24, 2.45) is 0 Å². The molecule has 0 saturated carbocycles. The Morgan fingerprint density at radius 3 is 2.66 bits per heavy atom. The van der Waals surface area contributed by atoms with E-state index in [2.05, 4.69) is 15.0 Å². The van der Waals surface area contributed by atoms with E-state index in [-0.39, 0.29) is 18.0 Å². The van der Waals surface area contributed by atoms with Gasteiger partial charge in [-0.3, -0.25) is 9.78 Å². The molecule has 3 aromatic heterocycles. The Labute approximate surface area is 169 Å². The number of carbonyl (C=O) groups is 1. The molecule has 148 valence electrons. The number of fused-ring (bicyclic) bond motifs is 1. The first-order valence-electron chi connectivity index (χ1n) is 9.37. The molecule has 0 aliphatic carbocycles. The summed E-state index contributed by atoms with van der Waals surface area (Å²) in [6.07, 6.45) is 3.41. The predicted molar refractivity (Wildman–Crippen MR) is 107 cm³/mol. The van der Waals surface area contributed by atoms with Gasteiger partial charge < -0.3 is 9.80 Å². The largest absolute Gasteiger partial charge is 0.353 e. The summed E-state index contributed by atoms with van der Waals surface area (Å²) in [6.45, 7) is 1.27. The second kappa shape index (κ2) is 7.14. The summed E-state index contributed by atoms with van der Waals surface area (Å²) in [6, 6.07) is 6.86. The second-order valence-electron chi connectivity index (χ2n) is 7.05. The lowest BCUT2D eigenvalue weighted by Gasteiger charge is -2.25. The Morgan fingerprint density at radius 1 is 1.10 bits per heavy atom. The molecular formula is C20H17F2N5OS. The summed E-state index contributed by atoms with van der Waals surface area (Å²) in [7, 11) is 0. The van der Waals surface area contributed by atoms with Crippen molar-refractivity contribution in [2.75, 3.05) is 29.4 Å². The first kappa shape index (κ1) is 18.1. The zero-order chi connectivity index (χ0) is 20.0. The zero-order valence-electron chi connectivity index (χ0n) is 15.4. The first-order chi connectivity index (χ1) is 14.1. The van der Waals surface area contributed by atoms with Crippen LogP contribution in [-0.4, -0.2) is 46.7 Å². The molecule has 6 nitrogen and oxygen atoms in total. The van der Waals surface area contributed by atoms with Crippen LogP contribution in [0.1, 0.15) is 21.8 Å². The van der Waals surface area contributed by atoms with Crippen LogP contribution in [0.25, 0.3) is 10.6 Å². The normalized spacial score (nSPS) is 19.0. The Morgan fingerprint density at radius 2 is 1.93 bits per heavy atom. The summed E-state index contributed by atoms with van der Waals surface area (Å²) in [5.74, 6) is -0.376. The van der Waals surface area contributed by atoms with Crippen LogP contribution < -0.4 is 9.80 Å². The van der Waals surface area contributed by atoms with Crippen LogP contribution in [0, 0.1) is 5.95 Å². The molecule has 1 atom stereocenters. The van der Waals surface area contributed by atoms with Gasteiger partial charge in [0.1, 0.15) is 21.9 Å². The minimum atomic E-state index is -0.903. The molecule has 0 N–H and O–H groups in total. The molecule has 0 aromatic carbocycles. The predicted octanol–water partition coefficient (Wildman–Crippen LogP) is 3.49. The van der Waals surface area contributed by atoms with Gasteiger partial charge in [-0.05, 0) is 30.7 Å². The fourth-order valence-corrected chi connectivity index (χ4v) is 4.78. The summed E-state index contributed by atoms with van der Waals surface area (Å²) < 4.78 is 28.1. The molecule has 2 aliphatic rings. The quantitative estimate of drug-likeness (QED) is 0.615. The number of carbonyl (C=O) groups excluding carboxylic acids is 1. The number of nitrogens with zero attached hydrogens (tertiary/aromatic N) is 5. The van der Waals surface area contributed by atoms with Crippen LogP contribution in [-0.2, 0) is 6.42 Å². The third kappa shape index (κ3) is 3.25. The molecule has 9 heteroatoms. The molecular weight excluding hydrogens is 396 g/mol. The Balaban J connectivity index is 1.43. The number of aromatic nitrogens is 3. The van der Waals surface area contributed by atoms with Crippen molar-refractivity contribution in [1.82, 2.24) is 15.0 Å². The van der Waals surface area contributed by atoms with E-state index in [1.54, 1.807) is 46.5 Å². The number of rotatable bonds is 3. The van der Waals surface area contributed by atoms with E-state index in [0.29, 0.717) is 47.3 Å². The average molecular weight is 413 g/mol. The fraction of sp³-hybridized carbons (Fsp3) is 0.300. The van der Waals surface area contributed by atoms with Crippen molar-refractivity contribution in [3.8, 4) is 10.6 Å². The zero-order valence-corrected chi connectivity index (χ0v) is 16.2. The Bertz CT molecular complexity index is 1070. The number of thiazole rings is 1. The van der Waals surface area contributed by atoms with E-state index >= 15 is 0 Å². The van der Waals surface area contributed by atoms with E-state index in [9.17, 15) is 13.6 Å². The van der Waals surface area contributed by atoms with Gasteiger partial charge in [0.15, 0.2) is 0 Å². The molecule has 1 amide bonds. The third-order valence-corrected chi connectivity index (χ3v) is 6.32. The maximum atomic E-state index is 14.7. The highest BCUT2D eigenvalue weighted by atomic mass is 32.1. The summed E-state index contributed by atoms with van der Waals surface area (Å²) in [5.41, 5.74) is 1.72. The van der Waals surface area contributed by atoms with Crippen LogP contribution >= 0.6 is 11.3 Å². The van der Waals surface area contributed by atoms with Gasteiger partial charge in [0.05, 0.1) is 17.8 Å². The number of anilines is 2. The maximum absolute atomic E-state index is 14.7. The molecule has 5 heterocycles. The topological polar surface area (TPSA) is 62.2 Å². The molecule has 0 radical (unpaired) electrons. The van der Waals surface area contributed by atoms with Crippen LogP contribution in [0.5, 0.6) is 0 Å². The van der Waals surface area contributed by atoms with Gasteiger partial charge in [-0.1, -0.05) is 0 Å². The lowest BCUT2D eigenvalue weighted by molar-refractivity contribution is 0.0984. The smallest absolute Gasteiger partial charge is 0.270 e. The van der Waals surface area contributed by atoms with Crippen LogP contribution in [0.2, 0.25) is 0 Å². The van der Waals surface area contributed by atoms with Gasteiger partial charge in [-0.15, -0.1) is 11.3 Å². The van der Waals surface area contributed by atoms with Gasteiger partial charge in [0.25, 0.3) is 5.91 Å². The highest BCUT2D eigenvalue weighted by molar-refractivity contribution is 7.17. The Hall–Kier alpha value is -2.94. The molecule has 1 saturated heterocycles. The number of amides is 1. The molecule has 2 aliphatic heterocycles. The van der Waals surface area contributed by atoms with Crippen molar-refractivity contribution in [1.29, 1.82) is 0 Å². The molecule has 1 fully saturated rings. The van der Waals surface area contributed by atoms with Gasteiger partial charge >= 0.3 is 0 Å². The van der Waals surface area contributed by atoms with Gasteiger partial charge in [0, 0.05) is 37.6 Å². The number of pyridine rings is 2. The number of hydrogen-bond acceptors (Lipinski definition) is 6. The van der Waals surface area contributed by atoms with E-state index in [0.717, 1.165) is 5.69 Å². The minimum Gasteiger partial charge on any atom is -0.353 e. The van der Waals surface area contributed by atoms with Gasteiger partial charge in [-0.2, -0.15) is 4.39 Å². The maximum Gasteiger partial charge on any atom is 0.270 e. The minimum absolute atomic E-state index is 0.141. The summed E-state index contributed by atoms with van der Waals surface area (Å²) in [5, 5.41) is 0.432. The number of hydrogen-bond donors (Lipinski definition) is 0. The third-order valence-electron chi connectivity index (χ3n) is 5.20. The van der Waals surface area contributed by atoms with Gasteiger partial charge in [-0.25, -0.2) is 14.4 Å². The SMILES string of the molecule is O=C1c2sc(-c3ccc(N4CC[C@@H](F)C4)nc3F)nc2CCN1c1ccncc1. The van der Waals surface area contributed by atoms with E-state index in [1.165, 1.54) is 11.3 Å². The van der Waals surface area contributed by atoms with Gasteiger partial charge in [0.2, 0.25) is 5.95 Å². The molecule has 5 rings (SSSR count). The number of halogens is 2. The van der Waals surface area contributed by atoms with Crippen molar-refractivity contribution >= 4 is 28.7 Å². The highest BCUT2D eigenvalue weighted by Gasteiger charge is 2.30. The van der Waals surface area contributed by atoms with E-state index < -0.39 is 12.1 Å². The fourth-order valence-electron chi connectivity index (χ4n) is 3.70. The van der Waals surface area contributed by atoms with E-state index in [4.69, 9.17) is 0 Å². The van der Waals surface area contributed by atoms with Crippen molar-refractivity contribution in [3.05, 3.63) is 53.2 Å². The second-order valence-corrected chi connectivity index (χ2v) is 8.05. The summed E-state index contributed by atoms with van der Waals surface area (Å²) in [4.78, 5) is 29.4. The van der Waals surface area contributed by atoms with E-state index in [1.807, 2.05) is 0 Å². The first-order valence-corrected chi connectivity index (χ1v) is 10.2. The molecule has 0 unspecified atom stereocenters. The molecule has 3 aromatic rings. The number of alkyl halides is 1. The average Bonchev–Trinajstić information content (AvgIpc) is 3.36. The van der Waals surface area contributed by atoms with Crippen molar-refractivity contribution in [3.63, 3.8) is 0 Å². The lowest BCUT2D eigenvalue weighted by atomic mass is 10.1. The Kier molecular flexibility index (Phi) is 4.46. The van der Waals surface area contributed by atoms with Crippen LogP contribution in [0.15, 0.2) is 36.7 Å². The van der Waals surface area contributed by atoms with Crippen molar-refractivity contribution in [2.45, 2.75) is 19.0 Å².